The molecular formula is C10H8N6O2. The molecule has 0 aliphatic heterocycles. The molecule has 3 aromatic rings. The molecule has 0 aromatic carbocycles. The van der Waals surface area contributed by atoms with Gasteiger partial charge in [0.15, 0.2) is 5.65 Å². The number of fused-ring (bicyclic) bond motifs is 1. The maximum atomic E-state index is 11.0. The SMILES string of the molecule is N=c1ccn2ncc(=Cc3[nH]c(=O)[nH]c3O)c2n1. The highest BCUT2D eigenvalue weighted by Crippen LogP contribution is 2.07. The van der Waals surface area contributed by atoms with Crippen LogP contribution in [0.4, 0.5) is 0 Å². The van der Waals surface area contributed by atoms with E-state index < -0.39 is 5.69 Å². The van der Waals surface area contributed by atoms with E-state index in [1.165, 1.54) is 22.9 Å². The summed E-state index contributed by atoms with van der Waals surface area (Å²) in [5.74, 6) is -0.249. The van der Waals surface area contributed by atoms with E-state index in [2.05, 4.69) is 20.1 Å². The predicted molar refractivity (Wildman–Crippen MR) is 60.7 cm³/mol. The molecule has 0 unspecified atom stereocenters. The van der Waals surface area contributed by atoms with Crippen molar-refractivity contribution in [3.05, 3.63) is 45.3 Å². The van der Waals surface area contributed by atoms with Gasteiger partial charge in [-0.2, -0.15) is 5.10 Å². The van der Waals surface area contributed by atoms with Crippen LogP contribution in [0.5, 0.6) is 5.88 Å². The zero-order valence-corrected chi connectivity index (χ0v) is 9.01. The maximum Gasteiger partial charge on any atom is 0.326 e. The van der Waals surface area contributed by atoms with Gasteiger partial charge in [-0.05, 0) is 6.08 Å². The van der Waals surface area contributed by atoms with Crippen molar-refractivity contribution >= 4 is 11.7 Å². The van der Waals surface area contributed by atoms with E-state index in [1.807, 2.05) is 0 Å². The number of nitrogens with zero attached hydrogens (tertiary/aromatic N) is 3. The number of aromatic hydroxyl groups is 1. The second-order valence-electron chi connectivity index (χ2n) is 3.67. The second-order valence-corrected chi connectivity index (χ2v) is 3.67. The van der Waals surface area contributed by atoms with Crippen LogP contribution in [-0.4, -0.2) is 29.7 Å². The molecule has 8 heteroatoms. The third kappa shape index (κ3) is 1.56. The summed E-state index contributed by atoms with van der Waals surface area (Å²) in [5, 5.41) is 21.6. The summed E-state index contributed by atoms with van der Waals surface area (Å²) in [7, 11) is 0. The fourth-order valence-corrected chi connectivity index (χ4v) is 1.64. The van der Waals surface area contributed by atoms with Gasteiger partial charge in [0.2, 0.25) is 5.88 Å². The van der Waals surface area contributed by atoms with Crippen molar-refractivity contribution in [2.75, 3.05) is 0 Å². The first-order valence-electron chi connectivity index (χ1n) is 5.05. The first-order valence-corrected chi connectivity index (χ1v) is 5.05. The molecule has 0 amide bonds. The monoisotopic (exact) mass is 244 g/mol. The van der Waals surface area contributed by atoms with Crippen molar-refractivity contribution in [1.82, 2.24) is 24.6 Å². The lowest BCUT2D eigenvalue weighted by Crippen LogP contribution is -2.11. The zero-order valence-electron chi connectivity index (χ0n) is 9.01. The molecule has 8 nitrogen and oxygen atoms in total. The molecule has 3 heterocycles. The van der Waals surface area contributed by atoms with Gasteiger partial charge in [0.25, 0.3) is 0 Å². The molecule has 0 saturated heterocycles. The van der Waals surface area contributed by atoms with E-state index >= 15 is 0 Å². The number of aromatic amines is 2. The lowest BCUT2D eigenvalue weighted by atomic mass is 10.3. The molecule has 0 radical (unpaired) electrons. The first-order chi connectivity index (χ1) is 8.63. The topological polar surface area (TPSA) is 123 Å². The minimum absolute atomic E-state index is 0.115. The van der Waals surface area contributed by atoms with Gasteiger partial charge < -0.3 is 10.1 Å². The van der Waals surface area contributed by atoms with E-state index in [4.69, 9.17) is 5.41 Å². The highest BCUT2D eigenvalue weighted by atomic mass is 16.3. The zero-order chi connectivity index (χ0) is 12.7. The lowest BCUT2D eigenvalue weighted by Gasteiger charge is -1.90. The molecule has 0 saturated carbocycles. The van der Waals surface area contributed by atoms with E-state index in [-0.39, 0.29) is 17.1 Å². The third-order valence-corrected chi connectivity index (χ3v) is 2.43. The second kappa shape index (κ2) is 3.55. The van der Waals surface area contributed by atoms with Crippen molar-refractivity contribution in [1.29, 1.82) is 5.41 Å². The van der Waals surface area contributed by atoms with Crippen LogP contribution < -0.4 is 16.4 Å². The van der Waals surface area contributed by atoms with Gasteiger partial charge in [0.05, 0.1) is 6.20 Å². The van der Waals surface area contributed by atoms with Crippen LogP contribution in [0.3, 0.4) is 0 Å². The highest BCUT2D eigenvalue weighted by molar-refractivity contribution is 5.56. The third-order valence-electron chi connectivity index (χ3n) is 2.43. The highest BCUT2D eigenvalue weighted by Gasteiger charge is 2.04. The van der Waals surface area contributed by atoms with Gasteiger partial charge in [0.1, 0.15) is 11.2 Å². The normalized spacial score (nSPS) is 12.3. The Hall–Kier alpha value is -2.90. The average Bonchev–Trinajstić information content (AvgIpc) is 2.84. The lowest BCUT2D eigenvalue weighted by molar-refractivity contribution is 0.454. The predicted octanol–water partition coefficient (Wildman–Crippen LogP) is -1.52. The van der Waals surface area contributed by atoms with Crippen LogP contribution in [0.1, 0.15) is 5.69 Å². The van der Waals surface area contributed by atoms with Crippen LogP contribution in [0.25, 0.3) is 11.7 Å². The summed E-state index contributed by atoms with van der Waals surface area (Å²) in [6, 6.07) is 1.51. The summed E-state index contributed by atoms with van der Waals surface area (Å²) in [6.45, 7) is 0. The van der Waals surface area contributed by atoms with Crippen molar-refractivity contribution in [2.24, 2.45) is 0 Å². The Morgan fingerprint density at radius 2 is 2.28 bits per heavy atom. The van der Waals surface area contributed by atoms with Crippen molar-refractivity contribution < 1.29 is 5.11 Å². The summed E-state index contributed by atoms with van der Waals surface area (Å²) in [5.41, 5.74) is 0.338. The van der Waals surface area contributed by atoms with Gasteiger partial charge in [-0.25, -0.2) is 14.3 Å². The molecule has 0 spiro atoms. The molecule has 0 bridgehead atoms. The maximum absolute atomic E-state index is 11.0. The van der Waals surface area contributed by atoms with Gasteiger partial charge in [-0.15, -0.1) is 0 Å². The number of nitrogens with one attached hydrogen (secondary N) is 3. The molecule has 0 aliphatic carbocycles. The van der Waals surface area contributed by atoms with Gasteiger partial charge in [-0.3, -0.25) is 10.4 Å². The van der Waals surface area contributed by atoms with Gasteiger partial charge in [0, 0.05) is 17.5 Å². The molecule has 0 fully saturated rings. The average molecular weight is 244 g/mol. The van der Waals surface area contributed by atoms with Gasteiger partial charge in [-0.1, -0.05) is 0 Å². The van der Waals surface area contributed by atoms with Crippen LogP contribution in [0, 0.1) is 5.41 Å². The Bertz CT molecular complexity index is 887. The first kappa shape index (κ1) is 10.3. The molecule has 4 N–H and O–H groups in total. The Morgan fingerprint density at radius 1 is 1.44 bits per heavy atom. The van der Waals surface area contributed by atoms with Crippen molar-refractivity contribution in [2.45, 2.75) is 0 Å². The quantitative estimate of drug-likeness (QED) is 0.415. The fraction of sp³-hybridized carbons (Fsp3) is 0. The van der Waals surface area contributed by atoms with Crippen LogP contribution >= 0.6 is 0 Å². The summed E-state index contributed by atoms with van der Waals surface area (Å²) in [6.07, 6.45) is 4.68. The van der Waals surface area contributed by atoms with E-state index in [9.17, 15) is 9.90 Å². The van der Waals surface area contributed by atoms with Crippen LogP contribution in [0.15, 0.2) is 23.3 Å². The Kier molecular flexibility index (Phi) is 2.03. The number of H-pyrrole nitrogens is 2. The standard InChI is InChI=1S/C10H8N6O2/c11-7-1-2-16-8(14-7)5(4-12-16)3-6-9(17)15-10(18)13-6/h1-4,11,17H,(H2,13,15,18). The minimum Gasteiger partial charge on any atom is -0.493 e. The number of imidazole rings is 1. The molecule has 3 aromatic heterocycles. The van der Waals surface area contributed by atoms with E-state index in [0.717, 1.165) is 0 Å². The Balaban J connectivity index is 2.32. The number of aromatic nitrogens is 5. The Morgan fingerprint density at radius 3 is 3.00 bits per heavy atom. The molecule has 3 rings (SSSR count). The minimum atomic E-state index is -0.496. The summed E-state index contributed by atoms with van der Waals surface area (Å²) >= 11 is 0. The number of hydrogen-bond acceptors (Lipinski definition) is 5. The van der Waals surface area contributed by atoms with E-state index in [1.54, 1.807) is 6.20 Å². The van der Waals surface area contributed by atoms with Crippen molar-refractivity contribution in [3.8, 4) is 5.88 Å². The Labute approximate surface area is 98.8 Å². The van der Waals surface area contributed by atoms with Crippen LogP contribution in [0.2, 0.25) is 0 Å². The van der Waals surface area contributed by atoms with Crippen LogP contribution in [-0.2, 0) is 0 Å². The number of rotatable bonds is 1. The fourth-order valence-electron chi connectivity index (χ4n) is 1.64. The molecule has 18 heavy (non-hydrogen) atoms. The summed E-state index contributed by atoms with van der Waals surface area (Å²) < 4.78 is 1.51. The summed E-state index contributed by atoms with van der Waals surface area (Å²) in [4.78, 5) is 19.7. The van der Waals surface area contributed by atoms with Gasteiger partial charge >= 0.3 is 5.69 Å². The number of hydrogen-bond donors (Lipinski definition) is 4. The van der Waals surface area contributed by atoms with Crippen molar-refractivity contribution in [3.63, 3.8) is 0 Å². The molecular weight excluding hydrogens is 236 g/mol. The molecule has 0 atom stereocenters. The largest absolute Gasteiger partial charge is 0.493 e. The molecule has 0 aliphatic rings. The van der Waals surface area contributed by atoms with E-state index in [0.29, 0.717) is 10.9 Å². The smallest absolute Gasteiger partial charge is 0.326 e. The molecule has 90 valence electrons.